The quantitative estimate of drug-likeness (QED) is 0.418. The van der Waals surface area contributed by atoms with Crippen molar-refractivity contribution in [3.8, 4) is 5.75 Å². The van der Waals surface area contributed by atoms with Crippen molar-refractivity contribution in [1.29, 1.82) is 0 Å². The molecule has 1 atom stereocenters. The molecule has 1 aliphatic heterocycles. The summed E-state index contributed by atoms with van der Waals surface area (Å²) in [6, 6.07) is 17.5. The van der Waals surface area contributed by atoms with Crippen molar-refractivity contribution in [2.45, 2.75) is 13.0 Å². The molecule has 7 nitrogen and oxygen atoms in total. The van der Waals surface area contributed by atoms with Crippen molar-refractivity contribution in [2.75, 3.05) is 38.7 Å². The van der Waals surface area contributed by atoms with Gasteiger partial charge in [0.25, 0.3) is 5.91 Å². The van der Waals surface area contributed by atoms with Gasteiger partial charge in [0, 0.05) is 48.9 Å². The number of hydrogen-bond donors (Lipinski definition) is 1. The van der Waals surface area contributed by atoms with Crippen LogP contribution in [0.3, 0.4) is 0 Å². The van der Waals surface area contributed by atoms with Crippen LogP contribution >= 0.6 is 0 Å². The van der Waals surface area contributed by atoms with Gasteiger partial charge in [-0.3, -0.25) is 9.78 Å². The van der Waals surface area contributed by atoms with E-state index in [1.165, 1.54) is 5.56 Å². The highest BCUT2D eigenvalue weighted by Gasteiger charge is 2.25. The maximum absolute atomic E-state index is 13.5. The molecule has 1 amide bonds. The zero-order chi connectivity index (χ0) is 24.0. The summed E-state index contributed by atoms with van der Waals surface area (Å²) in [5.74, 6) is 0.883. The molecular weight excluding hydrogens is 442 g/mol. The summed E-state index contributed by atoms with van der Waals surface area (Å²) in [6.45, 7) is 2.94. The van der Waals surface area contributed by atoms with Crippen LogP contribution in [0.4, 0.5) is 5.69 Å². The molecule has 0 bridgehead atoms. The molecule has 5 rings (SSSR count). The fourth-order valence-corrected chi connectivity index (χ4v) is 4.60. The first-order valence-corrected chi connectivity index (χ1v) is 11.8. The first-order chi connectivity index (χ1) is 17.2. The fourth-order valence-electron chi connectivity index (χ4n) is 4.60. The topological polar surface area (TPSA) is 76.8 Å². The first-order valence-electron chi connectivity index (χ1n) is 11.8. The molecule has 0 spiro atoms. The van der Waals surface area contributed by atoms with Gasteiger partial charge in [0.15, 0.2) is 0 Å². The van der Waals surface area contributed by atoms with Crippen molar-refractivity contribution in [2.24, 2.45) is 5.92 Å². The van der Waals surface area contributed by atoms with Gasteiger partial charge in [0.1, 0.15) is 11.3 Å². The largest absolute Gasteiger partial charge is 0.495 e. The van der Waals surface area contributed by atoms with Gasteiger partial charge in [-0.15, -0.1) is 0 Å². The number of carbonyl (C=O) groups is 1. The molecule has 180 valence electrons. The summed E-state index contributed by atoms with van der Waals surface area (Å²) in [6.07, 6.45) is 6.10. The van der Waals surface area contributed by atoms with E-state index in [4.69, 9.17) is 13.9 Å². The average molecular weight is 472 g/mol. The van der Waals surface area contributed by atoms with E-state index in [0.29, 0.717) is 44.2 Å². The van der Waals surface area contributed by atoms with Crippen molar-refractivity contribution in [1.82, 2.24) is 9.88 Å². The van der Waals surface area contributed by atoms with Crippen LogP contribution in [0.2, 0.25) is 0 Å². The molecule has 1 N–H and O–H groups in total. The second kappa shape index (κ2) is 10.6. The van der Waals surface area contributed by atoms with Gasteiger partial charge in [0.2, 0.25) is 0 Å². The Morgan fingerprint density at radius 2 is 2.14 bits per heavy atom. The zero-order valence-electron chi connectivity index (χ0n) is 19.8. The Morgan fingerprint density at radius 3 is 3.00 bits per heavy atom. The zero-order valence-corrected chi connectivity index (χ0v) is 19.8. The summed E-state index contributed by atoms with van der Waals surface area (Å²) in [4.78, 5) is 19.6. The molecule has 2 aromatic heterocycles. The van der Waals surface area contributed by atoms with Gasteiger partial charge < -0.3 is 24.1 Å². The standard InChI is InChI=1S/C28H29N3O4/c1-33-27-8-7-23(15-25(27)30-17-20-4-3-10-29-16-20)28(32)31-11-13-34-19-21(18-31)14-22-5-2-6-26-24(22)9-12-35-26/h2-10,12,15-16,21,30H,11,13-14,17-19H2,1H3. The molecule has 0 aliphatic carbocycles. The number of methoxy groups -OCH3 is 1. The van der Waals surface area contributed by atoms with Crippen LogP contribution in [0.5, 0.6) is 5.75 Å². The van der Waals surface area contributed by atoms with Crippen LogP contribution in [-0.2, 0) is 17.7 Å². The lowest BCUT2D eigenvalue weighted by Gasteiger charge is -2.24. The minimum atomic E-state index is -0.00546. The molecule has 0 saturated carbocycles. The molecule has 7 heteroatoms. The predicted octanol–water partition coefficient (Wildman–Crippen LogP) is 4.78. The van der Waals surface area contributed by atoms with Crippen LogP contribution in [0.25, 0.3) is 11.0 Å². The van der Waals surface area contributed by atoms with Gasteiger partial charge in [0.05, 0.1) is 32.3 Å². The fraction of sp³-hybridized carbons (Fsp3) is 0.286. The van der Waals surface area contributed by atoms with Crippen molar-refractivity contribution >= 4 is 22.6 Å². The molecule has 4 aromatic rings. The minimum absolute atomic E-state index is 0.00546. The number of benzene rings is 2. The Bertz CT molecular complexity index is 1290. The van der Waals surface area contributed by atoms with Gasteiger partial charge in [-0.2, -0.15) is 0 Å². The molecule has 1 fully saturated rings. The number of nitrogens with one attached hydrogen (secondary N) is 1. The highest BCUT2D eigenvalue weighted by molar-refractivity contribution is 5.95. The van der Waals surface area contributed by atoms with Crippen molar-refractivity contribution < 1.29 is 18.7 Å². The number of carbonyl (C=O) groups excluding carboxylic acids is 1. The molecule has 1 unspecified atom stereocenters. The highest BCUT2D eigenvalue weighted by atomic mass is 16.5. The minimum Gasteiger partial charge on any atom is -0.495 e. The number of amides is 1. The predicted molar refractivity (Wildman–Crippen MR) is 135 cm³/mol. The lowest BCUT2D eigenvalue weighted by atomic mass is 9.97. The van der Waals surface area contributed by atoms with Crippen LogP contribution in [-0.4, -0.2) is 49.2 Å². The molecule has 3 heterocycles. The van der Waals surface area contributed by atoms with E-state index in [0.717, 1.165) is 28.6 Å². The van der Waals surface area contributed by atoms with Crippen LogP contribution in [0.15, 0.2) is 77.7 Å². The molecule has 1 saturated heterocycles. The number of furan rings is 1. The Balaban J connectivity index is 1.31. The Hall–Kier alpha value is -3.84. The molecule has 2 aromatic carbocycles. The summed E-state index contributed by atoms with van der Waals surface area (Å²) < 4.78 is 16.9. The second-order valence-electron chi connectivity index (χ2n) is 8.78. The van der Waals surface area contributed by atoms with Gasteiger partial charge >= 0.3 is 0 Å². The van der Waals surface area contributed by atoms with Crippen molar-refractivity contribution in [3.63, 3.8) is 0 Å². The van der Waals surface area contributed by atoms with E-state index in [1.807, 2.05) is 59.6 Å². The van der Waals surface area contributed by atoms with E-state index >= 15 is 0 Å². The van der Waals surface area contributed by atoms with E-state index in [1.54, 1.807) is 19.6 Å². The number of nitrogens with zero attached hydrogens (tertiary/aromatic N) is 2. The summed E-state index contributed by atoms with van der Waals surface area (Å²) in [7, 11) is 1.63. The van der Waals surface area contributed by atoms with Crippen LogP contribution in [0.1, 0.15) is 21.5 Å². The summed E-state index contributed by atoms with van der Waals surface area (Å²) in [5.41, 5.74) is 4.54. The molecule has 35 heavy (non-hydrogen) atoms. The van der Waals surface area contributed by atoms with Gasteiger partial charge in [-0.05, 0) is 53.9 Å². The van der Waals surface area contributed by atoms with E-state index in [-0.39, 0.29) is 11.8 Å². The highest BCUT2D eigenvalue weighted by Crippen LogP contribution is 2.28. The van der Waals surface area contributed by atoms with E-state index in [9.17, 15) is 4.79 Å². The second-order valence-corrected chi connectivity index (χ2v) is 8.78. The summed E-state index contributed by atoms with van der Waals surface area (Å²) >= 11 is 0. The van der Waals surface area contributed by atoms with Crippen LogP contribution < -0.4 is 10.1 Å². The Morgan fingerprint density at radius 1 is 1.20 bits per heavy atom. The van der Waals surface area contributed by atoms with Gasteiger partial charge in [-0.1, -0.05) is 18.2 Å². The number of pyridine rings is 1. The first kappa shape index (κ1) is 22.9. The van der Waals surface area contributed by atoms with Crippen molar-refractivity contribution in [3.05, 3.63) is 89.9 Å². The summed E-state index contributed by atoms with van der Waals surface area (Å²) in [5, 5.41) is 4.50. The molecule has 1 aliphatic rings. The third-order valence-electron chi connectivity index (χ3n) is 6.37. The lowest BCUT2D eigenvalue weighted by molar-refractivity contribution is 0.0737. The number of rotatable bonds is 7. The smallest absolute Gasteiger partial charge is 0.254 e. The van der Waals surface area contributed by atoms with Crippen LogP contribution in [0, 0.1) is 5.92 Å². The monoisotopic (exact) mass is 471 g/mol. The maximum Gasteiger partial charge on any atom is 0.254 e. The Kier molecular flexibility index (Phi) is 6.95. The normalized spacial score (nSPS) is 16.1. The molecular formula is C28H29N3O4. The van der Waals surface area contributed by atoms with E-state index < -0.39 is 0 Å². The SMILES string of the molecule is COc1ccc(C(=O)N2CCOCC(Cc3cccc4occc34)C2)cc1NCc1cccnc1. The third-order valence-corrected chi connectivity index (χ3v) is 6.37. The lowest BCUT2D eigenvalue weighted by Crippen LogP contribution is -2.36. The number of hydrogen-bond acceptors (Lipinski definition) is 6. The maximum atomic E-state index is 13.5. The molecule has 0 radical (unpaired) electrons. The van der Waals surface area contributed by atoms with E-state index in [2.05, 4.69) is 16.4 Å². The third kappa shape index (κ3) is 5.30. The number of ether oxygens (including phenoxy) is 2. The number of aromatic nitrogens is 1. The Labute approximate surface area is 204 Å². The average Bonchev–Trinajstić information content (AvgIpc) is 3.27. The van der Waals surface area contributed by atoms with Gasteiger partial charge in [-0.25, -0.2) is 0 Å². The number of fused-ring (bicyclic) bond motifs is 1. The number of anilines is 1.